The van der Waals surface area contributed by atoms with Crippen LogP contribution in [0, 0.1) is 11.8 Å². The molecule has 1 atom stereocenters. The van der Waals surface area contributed by atoms with Gasteiger partial charge in [-0.1, -0.05) is 25.1 Å². The molecule has 18 heavy (non-hydrogen) atoms. The van der Waals surface area contributed by atoms with Gasteiger partial charge in [-0.3, -0.25) is 4.79 Å². The summed E-state index contributed by atoms with van der Waals surface area (Å²) in [7, 11) is 0. The van der Waals surface area contributed by atoms with Crippen molar-refractivity contribution in [1.29, 1.82) is 0 Å². The van der Waals surface area contributed by atoms with Crippen molar-refractivity contribution in [3.63, 3.8) is 0 Å². The second-order valence-electron chi connectivity index (χ2n) is 4.79. The maximum atomic E-state index is 11.9. The molecule has 0 saturated carbocycles. The first kappa shape index (κ1) is 13.4. The molecular formula is C14H20N2OS. The number of hydrogen-bond acceptors (Lipinski definition) is 3. The molecule has 0 aliphatic carbocycles. The molecule has 1 saturated heterocycles. The highest BCUT2D eigenvalue weighted by Gasteiger charge is 2.19. The van der Waals surface area contributed by atoms with Gasteiger partial charge in [0.05, 0.1) is 0 Å². The Morgan fingerprint density at radius 3 is 2.78 bits per heavy atom. The Hall–Kier alpha value is -1.00. The number of rotatable bonds is 6. The van der Waals surface area contributed by atoms with Crippen molar-refractivity contribution < 1.29 is 4.79 Å². The molecule has 98 valence electrons. The monoisotopic (exact) mass is 264 g/mol. The van der Waals surface area contributed by atoms with E-state index in [9.17, 15) is 4.79 Å². The second kappa shape index (κ2) is 6.81. The molecule has 0 spiro atoms. The number of benzene rings is 1. The molecule has 1 fully saturated rings. The van der Waals surface area contributed by atoms with E-state index in [0.29, 0.717) is 5.92 Å². The molecule has 1 unspecified atom stereocenters. The van der Waals surface area contributed by atoms with Crippen LogP contribution in [0.25, 0.3) is 0 Å². The lowest BCUT2D eigenvalue weighted by molar-refractivity contribution is -0.124. The first-order valence-corrected chi connectivity index (χ1v) is 7.40. The fraction of sp³-hybridized carbons (Fsp3) is 0.500. The van der Waals surface area contributed by atoms with E-state index in [1.54, 1.807) is 11.8 Å². The van der Waals surface area contributed by atoms with Gasteiger partial charge in [-0.05, 0) is 12.1 Å². The van der Waals surface area contributed by atoms with Crippen LogP contribution in [0.1, 0.15) is 6.92 Å². The molecule has 2 N–H and O–H groups in total. The van der Waals surface area contributed by atoms with Gasteiger partial charge in [-0.25, -0.2) is 0 Å². The summed E-state index contributed by atoms with van der Waals surface area (Å²) in [5.74, 6) is 1.69. The van der Waals surface area contributed by atoms with Crippen LogP contribution in [-0.4, -0.2) is 31.3 Å². The van der Waals surface area contributed by atoms with Crippen molar-refractivity contribution in [2.24, 2.45) is 11.8 Å². The van der Waals surface area contributed by atoms with Crippen molar-refractivity contribution in [2.75, 3.05) is 25.4 Å². The van der Waals surface area contributed by atoms with E-state index in [1.165, 1.54) is 4.90 Å². The predicted molar refractivity (Wildman–Crippen MR) is 75.7 cm³/mol. The minimum atomic E-state index is 0.0586. The number of thioether (sulfide) groups is 1. The topological polar surface area (TPSA) is 41.1 Å². The zero-order valence-electron chi connectivity index (χ0n) is 10.7. The molecule has 0 aromatic heterocycles. The molecule has 4 heteroatoms. The zero-order valence-corrected chi connectivity index (χ0v) is 11.5. The van der Waals surface area contributed by atoms with Gasteiger partial charge in [0.2, 0.25) is 5.91 Å². The van der Waals surface area contributed by atoms with E-state index in [2.05, 4.69) is 22.8 Å². The third-order valence-electron chi connectivity index (χ3n) is 3.12. The summed E-state index contributed by atoms with van der Waals surface area (Å²) in [5, 5.41) is 6.23. The molecule has 0 bridgehead atoms. The predicted octanol–water partition coefficient (Wildman–Crippen LogP) is 1.75. The molecule has 3 nitrogen and oxygen atoms in total. The molecule has 1 aliphatic rings. The summed E-state index contributed by atoms with van der Waals surface area (Å²) in [5.41, 5.74) is 0. The summed E-state index contributed by atoms with van der Waals surface area (Å²) < 4.78 is 0. The number of nitrogens with one attached hydrogen (secondary N) is 2. The molecule has 1 aliphatic heterocycles. The summed E-state index contributed by atoms with van der Waals surface area (Å²) in [6.07, 6.45) is 0. The lowest BCUT2D eigenvalue weighted by atomic mass is 10.0. The fourth-order valence-corrected chi connectivity index (χ4v) is 2.67. The van der Waals surface area contributed by atoms with Crippen LogP contribution in [0.2, 0.25) is 0 Å². The maximum Gasteiger partial charge on any atom is 0.223 e. The summed E-state index contributed by atoms with van der Waals surface area (Å²) in [6.45, 7) is 4.87. The van der Waals surface area contributed by atoms with Gasteiger partial charge in [-0.15, -0.1) is 11.8 Å². The number of amides is 1. The minimum Gasteiger partial charge on any atom is -0.355 e. The van der Waals surface area contributed by atoms with Crippen LogP contribution in [0.15, 0.2) is 35.2 Å². The Kier molecular flexibility index (Phi) is 5.08. The van der Waals surface area contributed by atoms with Crippen molar-refractivity contribution in [2.45, 2.75) is 11.8 Å². The van der Waals surface area contributed by atoms with Crippen LogP contribution < -0.4 is 10.6 Å². The van der Waals surface area contributed by atoms with E-state index in [1.807, 2.05) is 25.1 Å². The SMILES string of the molecule is CC(CSc1ccccc1)C(=O)NCC1CNC1. The molecule has 1 aromatic rings. The summed E-state index contributed by atoms with van der Waals surface area (Å²) in [4.78, 5) is 13.1. The average Bonchev–Trinajstić information content (AvgIpc) is 2.35. The largest absolute Gasteiger partial charge is 0.355 e. The number of carbonyl (C=O) groups excluding carboxylic acids is 1. The van der Waals surface area contributed by atoms with Gasteiger partial charge >= 0.3 is 0 Å². The first-order valence-electron chi connectivity index (χ1n) is 6.42. The number of hydrogen-bond donors (Lipinski definition) is 2. The molecule has 1 heterocycles. The summed E-state index contributed by atoms with van der Waals surface area (Å²) >= 11 is 1.74. The lowest BCUT2D eigenvalue weighted by Crippen LogP contribution is -2.48. The van der Waals surface area contributed by atoms with Crippen molar-refractivity contribution in [1.82, 2.24) is 10.6 Å². The Morgan fingerprint density at radius 1 is 1.44 bits per heavy atom. The molecule has 2 rings (SSSR count). The third-order valence-corrected chi connectivity index (χ3v) is 4.39. The minimum absolute atomic E-state index is 0.0586. The zero-order chi connectivity index (χ0) is 12.8. The van der Waals surface area contributed by atoms with E-state index >= 15 is 0 Å². The second-order valence-corrected chi connectivity index (χ2v) is 5.89. The van der Waals surface area contributed by atoms with Gasteiger partial charge in [0.25, 0.3) is 0 Å². The van der Waals surface area contributed by atoms with Crippen LogP contribution in [-0.2, 0) is 4.79 Å². The van der Waals surface area contributed by atoms with Gasteiger partial charge in [0.15, 0.2) is 0 Å². The number of carbonyl (C=O) groups is 1. The van der Waals surface area contributed by atoms with Gasteiger partial charge in [0.1, 0.15) is 0 Å². The lowest BCUT2D eigenvalue weighted by Gasteiger charge is -2.27. The standard InChI is InChI=1S/C14H20N2OS/c1-11(10-18-13-5-3-2-4-6-13)14(17)16-9-12-7-15-8-12/h2-6,11-12,15H,7-10H2,1H3,(H,16,17). The molecule has 0 radical (unpaired) electrons. The average molecular weight is 264 g/mol. The van der Waals surface area contributed by atoms with Crippen molar-refractivity contribution >= 4 is 17.7 Å². The highest BCUT2D eigenvalue weighted by molar-refractivity contribution is 7.99. The van der Waals surface area contributed by atoms with Gasteiger partial charge in [-0.2, -0.15) is 0 Å². The van der Waals surface area contributed by atoms with E-state index < -0.39 is 0 Å². The normalized spacial score (nSPS) is 16.9. The Morgan fingerprint density at radius 2 is 2.17 bits per heavy atom. The Bertz CT molecular complexity index is 379. The summed E-state index contributed by atoms with van der Waals surface area (Å²) in [6, 6.07) is 10.2. The van der Waals surface area contributed by atoms with Gasteiger partial charge in [0, 0.05) is 42.1 Å². The highest BCUT2D eigenvalue weighted by Crippen LogP contribution is 2.20. The Balaban J connectivity index is 1.66. The fourth-order valence-electron chi connectivity index (χ4n) is 1.73. The van der Waals surface area contributed by atoms with Crippen LogP contribution in [0.5, 0.6) is 0 Å². The third kappa shape index (κ3) is 4.03. The van der Waals surface area contributed by atoms with Crippen LogP contribution in [0.3, 0.4) is 0 Å². The van der Waals surface area contributed by atoms with Gasteiger partial charge < -0.3 is 10.6 Å². The molecule has 1 aromatic carbocycles. The van der Waals surface area contributed by atoms with E-state index in [-0.39, 0.29) is 11.8 Å². The van der Waals surface area contributed by atoms with E-state index in [4.69, 9.17) is 0 Å². The van der Waals surface area contributed by atoms with Crippen molar-refractivity contribution in [3.05, 3.63) is 30.3 Å². The van der Waals surface area contributed by atoms with Crippen molar-refractivity contribution in [3.8, 4) is 0 Å². The highest BCUT2D eigenvalue weighted by atomic mass is 32.2. The maximum absolute atomic E-state index is 11.9. The Labute approximate surface area is 113 Å². The van der Waals surface area contributed by atoms with Crippen LogP contribution >= 0.6 is 11.8 Å². The molecule has 1 amide bonds. The smallest absolute Gasteiger partial charge is 0.223 e. The van der Waals surface area contributed by atoms with E-state index in [0.717, 1.165) is 25.4 Å². The quantitative estimate of drug-likeness (QED) is 0.769. The first-order chi connectivity index (χ1) is 8.75. The molecular weight excluding hydrogens is 244 g/mol. The van der Waals surface area contributed by atoms with Crippen LogP contribution in [0.4, 0.5) is 0 Å².